The molecule has 1 atom stereocenters. The second-order valence-electron chi connectivity index (χ2n) is 4.12. The molecule has 0 heterocycles. The summed E-state index contributed by atoms with van der Waals surface area (Å²) in [6, 6.07) is 13.2. The topological polar surface area (TPSA) is 52.3 Å². The van der Waals surface area contributed by atoms with Crippen LogP contribution in [0.1, 0.15) is 22.0 Å². The summed E-state index contributed by atoms with van der Waals surface area (Å²) in [7, 11) is 1.58. The van der Waals surface area contributed by atoms with Gasteiger partial charge in [0.05, 0.1) is 13.2 Å². The third-order valence-electron chi connectivity index (χ3n) is 2.89. The van der Waals surface area contributed by atoms with Crippen LogP contribution in [0.15, 0.2) is 48.5 Å². The number of rotatable bonds is 4. The zero-order valence-electron chi connectivity index (χ0n) is 10.9. The standard InChI is InChI=1S/C15H14ClNO2.ClH/c1-19-13-8-4-11(5-9-13)15(18)14(17)10-2-6-12(16)7-3-10;/h2-9,14H,17H2,1H3;1H. The number of methoxy groups -OCH3 is 1. The lowest BCUT2D eigenvalue weighted by molar-refractivity contribution is 0.0961. The molecule has 2 N–H and O–H groups in total. The third kappa shape index (κ3) is 3.73. The van der Waals surface area contributed by atoms with Gasteiger partial charge >= 0.3 is 0 Å². The van der Waals surface area contributed by atoms with E-state index in [9.17, 15) is 4.79 Å². The largest absolute Gasteiger partial charge is 0.497 e. The molecule has 0 aliphatic heterocycles. The number of hydrogen-bond donors (Lipinski definition) is 1. The average Bonchev–Trinajstić information content (AvgIpc) is 2.46. The Bertz CT molecular complexity index is 567. The molecule has 0 aromatic heterocycles. The number of nitrogens with two attached hydrogens (primary N) is 1. The molecule has 0 aliphatic carbocycles. The van der Waals surface area contributed by atoms with E-state index in [1.807, 2.05) is 0 Å². The zero-order valence-corrected chi connectivity index (χ0v) is 12.4. The van der Waals surface area contributed by atoms with E-state index in [4.69, 9.17) is 22.1 Å². The highest BCUT2D eigenvalue weighted by Gasteiger charge is 2.17. The van der Waals surface area contributed by atoms with Gasteiger partial charge in [0, 0.05) is 10.6 Å². The van der Waals surface area contributed by atoms with Gasteiger partial charge in [-0.2, -0.15) is 0 Å². The molecule has 2 aromatic rings. The van der Waals surface area contributed by atoms with Gasteiger partial charge in [-0.1, -0.05) is 23.7 Å². The van der Waals surface area contributed by atoms with Crippen LogP contribution in [0.25, 0.3) is 0 Å². The smallest absolute Gasteiger partial charge is 0.184 e. The minimum absolute atomic E-state index is 0. The van der Waals surface area contributed by atoms with Gasteiger partial charge in [0.15, 0.2) is 5.78 Å². The maximum absolute atomic E-state index is 12.2. The summed E-state index contributed by atoms with van der Waals surface area (Å²) < 4.78 is 5.05. The molecule has 20 heavy (non-hydrogen) atoms. The highest BCUT2D eigenvalue weighted by atomic mass is 35.5. The fraction of sp³-hybridized carbons (Fsp3) is 0.133. The Morgan fingerprint density at radius 2 is 1.65 bits per heavy atom. The van der Waals surface area contributed by atoms with Gasteiger partial charge in [0.2, 0.25) is 0 Å². The van der Waals surface area contributed by atoms with E-state index in [0.717, 1.165) is 5.56 Å². The Labute approximate surface area is 129 Å². The molecule has 0 bridgehead atoms. The van der Waals surface area contributed by atoms with Crippen molar-refractivity contribution in [1.29, 1.82) is 0 Å². The van der Waals surface area contributed by atoms with Crippen LogP contribution in [0.5, 0.6) is 5.75 Å². The molecular weight excluding hydrogens is 297 g/mol. The Morgan fingerprint density at radius 1 is 1.10 bits per heavy atom. The molecule has 0 amide bonds. The van der Waals surface area contributed by atoms with Crippen LogP contribution >= 0.6 is 24.0 Å². The number of carbonyl (C=O) groups excluding carboxylic acids is 1. The first kappa shape index (κ1) is 16.5. The Morgan fingerprint density at radius 3 is 2.15 bits per heavy atom. The van der Waals surface area contributed by atoms with Gasteiger partial charge < -0.3 is 10.5 Å². The molecule has 0 fully saturated rings. The number of hydrogen-bond acceptors (Lipinski definition) is 3. The SMILES string of the molecule is COc1ccc(C(=O)C(N)c2ccc(Cl)cc2)cc1.Cl. The van der Waals surface area contributed by atoms with Crippen molar-refractivity contribution in [3.8, 4) is 5.75 Å². The Kier molecular flexibility index (Phi) is 6.02. The third-order valence-corrected chi connectivity index (χ3v) is 3.14. The minimum atomic E-state index is -0.689. The van der Waals surface area contributed by atoms with E-state index in [0.29, 0.717) is 16.3 Å². The van der Waals surface area contributed by atoms with Crippen LogP contribution in [0.3, 0.4) is 0 Å². The molecule has 1 unspecified atom stereocenters. The van der Waals surface area contributed by atoms with Crippen molar-refractivity contribution < 1.29 is 9.53 Å². The molecule has 0 spiro atoms. The molecule has 0 radical (unpaired) electrons. The maximum atomic E-state index is 12.2. The summed E-state index contributed by atoms with van der Waals surface area (Å²) in [4.78, 5) is 12.2. The molecule has 0 saturated heterocycles. The summed E-state index contributed by atoms with van der Waals surface area (Å²) >= 11 is 5.81. The molecule has 3 nitrogen and oxygen atoms in total. The Balaban J connectivity index is 0.00000200. The normalized spacial score (nSPS) is 11.3. The molecule has 106 valence electrons. The first-order valence-electron chi connectivity index (χ1n) is 5.81. The number of ether oxygens (including phenoxy) is 1. The zero-order chi connectivity index (χ0) is 13.8. The van der Waals surface area contributed by atoms with Crippen molar-refractivity contribution in [2.24, 2.45) is 5.73 Å². The van der Waals surface area contributed by atoms with Crippen LogP contribution in [-0.4, -0.2) is 12.9 Å². The predicted octanol–water partition coefficient (Wildman–Crippen LogP) is 3.65. The van der Waals surface area contributed by atoms with Gasteiger partial charge in [-0.3, -0.25) is 4.79 Å². The number of halogens is 2. The molecule has 2 rings (SSSR count). The predicted molar refractivity (Wildman–Crippen MR) is 83.0 cm³/mol. The lowest BCUT2D eigenvalue weighted by atomic mass is 9.98. The van der Waals surface area contributed by atoms with Crippen molar-refractivity contribution in [2.45, 2.75) is 6.04 Å². The number of carbonyl (C=O) groups is 1. The molecule has 5 heteroatoms. The summed E-state index contributed by atoms with van der Waals surface area (Å²) in [6.07, 6.45) is 0. The summed E-state index contributed by atoms with van der Waals surface area (Å²) in [5.74, 6) is 0.571. The monoisotopic (exact) mass is 311 g/mol. The molecule has 0 saturated carbocycles. The van der Waals surface area contributed by atoms with E-state index in [-0.39, 0.29) is 18.2 Å². The number of ketones is 1. The fourth-order valence-corrected chi connectivity index (χ4v) is 1.88. The number of benzene rings is 2. The van der Waals surface area contributed by atoms with Crippen molar-refractivity contribution in [3.63, 3.8) is 0 Å². The molecule has 2 aromatic carbocycles. The van der Waals surface area contributed by atoms with Crippen LogP contribution in [0.4, 0.5) is 0 Å². The van der Waals surface area contributed by atoms with Crippen molar-refractivity contribution in [2.75, 3.05) is 7.11 Å². The average molecular weight is 312 g/mol. The first-order chi connectivity index (χ1) is 9.11. The lowest BCUT2D eigenvalue weighted by Crippen LogP contribution is -2.21. The summed E-state index contributed by atoms with van der Waals surface area (Å²) in [5.41, 5.74) is 7.27. The maximum Gasteiger partial charge on any atom is 0.184 e. The highest BCUT2D eigenvalue weighted by Crippen LogP contribution is 2.20. The fourth-order valence-electron chi connectivity index (χ4n) is 1.76. The quantitative estimate of drug-likeness (QED) is 0.877. The van der Waals surface area contributed by atoms with Crippen LogP contribution < -0.4 is 10.5 Å². The molecular formula is C15H15Cl2NO2. The van der Waals surface area contributed by atoms with Crippen molar-refractivity contribution in [1.82, 2.24) is 0 Å². The summed E-state index contributed by atoms with van der Waals surface area (Å²) in [6.45, 7) is 0. The highest BCUT2D eigenvalue weighted by molar-refractivity contribution is 6.30. The first-order valence-corrected chi connectivity index (χ1v) is 6.19. The van der Waals surface area contributed by atoms with E-state index >= 15 is 0 Å². The van der Waals surface area contributed by atoms with E-state index in [1.54, 1.807) is 55.6 Å². The lowest BCUT2D eigenvalue weighted by Gasteiger charge is -2.11. The second-order valence-corrected chi connectivity index (χ2v) is 4.56. The minimum Gasteiger partial charge on any atom is -0.497 e. The van der Waals surface area contributed by atoms with Crippen molar-refractivity contribution in [3.05, 3.63) is 64.7 Å². The number of Topliss-reactive ketones (excluding diaryl/α,β-unsaturated/α-hetero) is 1. The van der Waals surface area contributed by atoms with Crippen molar-refractivity contribution >= 4 is 29.8 Å². The van der Waals surface area contributed by atoms with Gasteiger partial charge in [0.25, 0.3) is 0 Å². The van der Waals surface area contributed by atoms with Gasteiger partial charge in [-0.05, 0) is 42.0 Å². The van der Waals surface area contributed by atoms with E-state index in [1.165, 1.54) is 0 Å². The Hall–Kier alpha value is -1.55. The summed E-state index contributed by atoms with van der Waals surface area (Å²) in [5, 5.41) is 0.618. The van der Waals surface area contributed by atoms with Crippen LogP contribution in [-0.2, 0) is 0 Å². The van der Waals surface area contributed by atoms with Crippen LogP contribution in [0, 0.1) is 0 Å². The van der Waals surface area contributed by atoms with Gasteiger partial charge in [-0.15, -0.1) is 12.4 Å². The van der Waals surface area contributed by atoms with E-state index in [2.05, 4.69) is 0 Å². The van der Waals surface area contributed by atoms with Gasteiger partial charge in [-0.25, -0.2) is 0 Å². The molecule has 0 aliphatic rings. The van der Waals surface area contributed by atoms with Crippen LogP contribution in [0.2, 0.25) is 5.02 Å². The van der Waals surface area contributed by atoms with E-state index < -0.39 is 6.04 Å². The van der Waals surface area contributed by atoms with Gasteiger partial charge in [0.1, 0.15) is 5.75 Å². The second kappa shape index (κ2) is 7.29.